The summed E-state index contributed by atoms with van der Waals surface area (Å²) in [6.45, 7) is 14.3. The fraction of sp³-hybridized carbons (Fsp3) is 0.296. The number of nitrogens with one attached hydrogen (secondary N) is 1. The average Bonchev–Trinajstić information content (AvgIpc) is 2.73. The maximum atomic E-state index is 4.44. The molecule has 0 aliphatic rings. The first-order chi connectivity index (χ1) is 14.5. The third kappa shape index (κ3) is 6.67. The first-order valence-corrected chi connectivity index (χ1v) is 10.5. The van der Waals surface area contributed by atoms with Crippen molar-refractivity contribution in [3.8, 4) is 12.0 Å². The van der Waals surface area contributed by atoms with E-state index in [1.54, 1.807) is 6.21 Å². The Morgan fingerprint density at radius 1 is 1.23 bits per heavy atom. The Morgan fingerprint density at radius 3 is 2.60 bits per heavy atom. The van der Waals surface area contributed by atoms with Crippen molar-refractivity contribution in [1.82, 2.24) is 5.32 Å². The smallest absolute Gasteiger partial charge is 0.119 e. The minimum absolute atomic E-state index is 0.146. The lowest BCUT2D eigenvalue weighted by Gasteiger charge is -2.21. The quantitative estimate of drug-likeness (QED) is 0.295. The molecule has 156 valence electrons. The molecule has 2 aromatic carbocycles. The van der Waals surface area contributed by atoms with Crippen molar-refractivity contribution in [1.29, 1.82) is 0 Å². The molecule has 0 bridgehead atoms. The van der Waals surface area contributed by atoms with Crippen LogP contribution < -0.4 is 10.2 Å². The molecule has 3 heteroatoms. The van der Waals surface area contributed by atoms with Crippen molar-refractivity contribution >= 4 is 11.9 Å². The molecule has 0 saturated heterocycles. The van der Waals surface area contributed by atoms with E-state index in [-0.39, 0.29) is 6.04 Å². The summed E-state index contributed by atoms with van der Waals surface area (Å²) >= 11 is 0. The largest absolute Gasteiger partial charge is 0.364 e. The highest BCUT2D eigenvalue weighted by molar-refractivity contribution is 5.76. The van der Waals surface area contributed by atoms with Gasteiger partial charge in [0.15, 0.2) is 0 Å². The van der Waals surface area contributed by atoms with E-state index in [0.717, 1.165) is 24.2 Å². The van der Waals surface area contributed by atoms with Gasteiger partial charge in [-0.25, -0.2) is 4.99 Å². The van der Waals surface area contributed by atoms with E-state index in [4.69, 9.17) is 0 Å². The SMILES string of the molecule is C=C(/N=C\C=C(/C)N(C#CC)c1ccc(CCC)cc1C)N[C@@H](C)c1ccccc1. The summed E-state index contributed by atoms with van der Waals surface area (Å²) in [6, 6.07) is 20.2. The van der Waals surface area contributed by atoms with Crippen molar-refractivity contribution in [3.63, 3.8) is 0 Å². The third-order valence-corrected chi connectivity index (χ3v) is 4.85. The van der Waals surface area contributed by atoms with Gasteiger partial charge in [0.1, 0.15) is 5.82 Å². The molecule has 2 rings (SSSR count). The van der Waals surface area contributed by atoms with E-state index in [1.807, 2.05) is 43.0 Å². The second-order valence-corrected chi connectivity index (χ2v) is 7.38. The van der Waals surface area contributed by atoms with Gasteiger partial charge in [-0.1, -0.05) is 68.3 Å². The molecular weight excluding hydrogens is 366 g/mol. The van der Waals surface area contributed by atoms with Crippen molar-refractivity contribution in [3.05, 3.63) is 89.4 Å². The van der Waals surface area contributed by atoms with Gasteiger partial charge in [-0.2, -0.15) is 0 Å². The minimum atomic E-state index is 0.146. The number of anilines is 1. The van der Waals surface area contributed by atoms with Crippen molar-refractivity contribution in [2.24, 2.45) is 4.99 Å². The first-order valence-electron chi connectivity index (χ1n) is 10.5. The van der Waals surface area contributed by atoms with Crippen molar-refractivity contribution < 1.29 is 0 Å². The van der Waals surface area contributed by atoms with Gasteiger partial charge in [0.05, 0.1) is 5.69 Å². The van der Waals surface area contributed by atoms with Gasteiger partial charge in [-0.3, -0.25) is 4.90 Å². The summed E-state index contributed by atoms with van der Waals surface area (Å²) in [5, 5.41) is 3.32. The molecule has 30 heavy (non-hydrogen) atoms. The predicted octanol–water partition coefficient (Wildman–Crippen LogP) is 6.53. The maximum absolute atomic E-state index is 4.44. The summed E-state index contributed by atoms with van der Waals surface area (Å²) in [4.78, 5) is 6.46. The van der Waals surface area contributed by atoms with Crippen LogP contribution in [0.5, 0.6) is 0 Å². The molecule has 0 unspecified atom stereocenters. The molecule has 0 aliphatic carbocycles. The molecule has 1 atom stereocenters. The fourth-order valence-corrected chi connectivity index (χ4v) is 3.28. The van der Waals surface area contributed by atoms with Gasteiger partial charge in [-0.05, 0) is 62.9 Å². The Balaban J connectivity index is 2.10. The van der Waals surface area contributed by atoms with Gasteiger partial charge in [0, 0.05) is 24.0 Å². The predicted molar refractivity (Wildman–Crippen MR) is 130 cm³/mol. The van der Waals surface area contributed by atoms with Crippen molar-refractivity contribution in [2.75, 3.05) is 4.90 Å². The molecule has 0 heterocycles. The van der Waals surface area contributed by atoms with Gasteiger partial charge < -0.3 is 5.32 Å². The highest BCUT2D eigenvalue weighted by atomic mass is 15.1. The van der Waals surface area contributed by atoms with Gasteiger partial charge in [0.2, 0.25) is 0 Å². The summed E-state index contributed by atoms with van der Waals surface area (Å²) in [6.07, 6.45) is 5.98. The van der Waals surface area contributed by atoms with E-state index in [0.29, 0.717) is 5.82 Å². The summed E-state index contributed by atoms with van der Waals surface area (Å²) < 4.78 is 0. The number of aliphatic imine (C=N–C) groups is 1. The van der Waals surface area contributed by atoms with E-state index < -0.39 is 0 Å². The van der Waals surface area contributed by atoms with E-state index in [2.05, 4.69) is 80.0 Å². The number of aryl methyl sites for hydroxylation is 2. The summed E-state index contributed by atoms with van der Waals surface area (Å²) in [7, 11) is 0. The van der Waals surface area contributed by atoms with Crippen LogP contribution in [-0.4, -0.2) is 6.21 Å². The Morgan fingerprint density at radius 2 is 1.97 bits per heavy atom. The van der Waals surface area contributed by atoms with Gasteiger partial charge in [-0.15, -0.1) is 0 Å². The molecule has 0 spiro atoms. The zero-order chi connectivity index (χ0) is 21.9. The summed E-state index contributed by atoms with van der Waals surface area (Å²) in [5.41, 5.74) is 5.88. The lowest BCUT2D eigenvalue weighted by molar-refractivity contribution is 0.651. The standard InChI is InChI=1S/C27H33N3/c1-7-12-25-15-16-27(21(3)20-25)30(19-8-2)22(4)17-18-28-24(6)29-23(5)26-13-10-9-11-14-26/h9-11,13-18,20,23,29H,6-7,12H2,1-5H3/b22-17+,28-18-/t23-/m0/s1. The van der Waals surface area contributed by atoms with Crippen LogP contribution >= 0.6 is 0 Å². The Kier molecular flexibility index (Phi) is 8.97. The van der Waals surface area contributed by atoms with E-state index in [9.17, 15) is 0 Å². The van der Waals surface area contributed by atoms with Crippen LogP contribution in [0, 0.1) is 18.9 Å². The molecule has 0 saturated carbocycles. The Labute approximate surface area is 182 Å². The molecule has 0 fully saturated rings. The van der Waals surface area contributed by atoms with Crippen LogP contribution in [0.25, 0.3) is 0 Å². The molecule has 1 N–H and O–H groups in total. The van der Waals surface area contributed by atoms with E-state index in [1.165, 1.54) is 16.7 Å². The lowest BCUT2D eigenvalue weighted by atomic mass is 10.1. The topological polar surface area (TPSA) is 27.6 Å². The van der Waals surface area contributed by atoms with Crippen LogP contribution in [-0.2, 0) is 6.42 Å². The number of nitrogens with zero attached hydrogens (tertiary/aromatic N) is 2. The molecule has 3 nitrogen and oxygen atoms in total. The molecule has 0 radical (unpaired) electrons. The monoisotopic (exact) mass is 399 g/mol. The molecule has 0 amide bonds. The van der Waals surface area contributed by atoms with Gasteiger partial charge in [0.25, 0.3) is 0 Å². The minimum Gasteiger partial charge on any atom is -0.364 e. The van der Waals surface area contributed by atoms with Crippen LogP contribution in [0.2, 0.25) is 0 Å². The van der Waals surface area contributed by atoms with Crippen LogP contribution in [0.3, 0.4) is 0 Å². The lowest BCUT2D eigenvalue weighted by Crippen LogP contribution is -2.17. The molecule has 0 aliphatic heterocycles. The Bertz CT molecular complexity index is 959. The highest BCUT2D eigenvalue weighted by Gasteiger charge is 2.09. The number of rotatable bonds is 9. The second kappa shape index (κ2) is 11.7. The highest BCUT2D eigenvalue weighted by Crippen LogP contribution is 2.24. The number of hydrogen-bond acceptors (Lipinski definition) is 3. The molecule has 0 aromatic heterocycles. The number of benzene rings is 2. The molecule has 2 aromatic rings. The maximum Gasteiger partial charge on any atom is 0.119 e. The second-order valence-electron chi connectivity index (χ2n) is 7.38. The zero-order valence-electron chi connectivity index (χ0n) is 18.9. The summed E-state index contributed by atoms with van der Waals surface area (Å²) in [5.74, 6) is 3.65. The molecular formula is C27H33N3. The zero-order valence-corrected chi connectivity index (χ0v) is 18.9. The van der Waals surface area contributed by atoms with Crippen LogP contribution in [0.15, 0.2) is 77.7 Å². The fourth-order valence-electron chi connectivity index (χ4n) is 3.28. The normalized spacial score (nSPS) is 12.2. The average molecular weight is 400 g/mol. The van der Waals surface area contributed by atoms with Crippen LogP contribution in [0.1, 0.15) is 56.8 Å². The number of allylic oxidation sites excluding steroid dienone is 2. The third-order valence-electron chi connectivity index (χ3n) is 4.85. The number of hydrogen-bond donors (Lipinski definition) is 1. The van der Waals surface area contributed by atoms with E-state index >= 15 is 0 Å². The Hall–Kier alpha value is -3.25. The van der Waals surface area contributed by atoms with Crippen molar-refractivity contribution in [2.45, 2.75) is 53.5 Å². The van der Waals surface area contributed by atoms with Crippen LogP contribution in [0.4, 0.5) is 5.69 Å². The first kappa shape index (κ1) is 23.0. The van der Waals surface area contributed by atoms with Gasteiger partial charge >= 0.3 is 0 Å².